The lowest BCUT2D eigenvalue weighted by molar-refractivity contribution is -0.117. The molecule has 4 heteroatoms. The highest BCUT2D eigenvalue weighted by molar-refractivity contribution is 5.91. The molecule has 18 heavy (non-hydrogen) atoms. The third-order valence-electron chi connectivity index (χ3n) is 3.42. The van der Waals surface area contributed by atoms with Gasteiger partial charge in [-0.05, 0) is 62.5 Å². The lowest BCUT2D eigenvalue weighted by Gasteiger charge is -2.22. The fourth-order valence-corrected chi connectivity index (χ4v) is 2.34. The standard InChI is InChI=1S/C14H20N2O2/c1-10-8-12(17)2-3-13(10)16-14(18)9-11-4-6-15-7-5-11/h2-3,8,11,15,17H,4-7,9H2,1H3,(H,16,18). The third-order valence-corrected chi connectivity index (χ3v) is 3.42. The van der Waals surface area contributed by atoms with Crippen LogP contribution in [0.2, 0.25) is 0 Å². The SMILES string of the molecule is Cc1cc(O)ccc1NC(=O)CC1CCNCC1. The van der Waals surface area contributed by atoms with E-state index >= 15 is 0 Å². The molecular weight excluding hydrogens is 228 g/mol. The monoisotopic (exact) mass is 248 g/mol. The molecule has 2 rings (SSSR count). The number of aromatic hydroxyl groups is 1. The Hall–Kier alpha value is -1.55. The molecule has 0 radical (unpaired) electrons. The summed E-state index contributed by atoms with van der Waals surface area (Å²) >= 11 is 0. The molecule has 0 spiro atoms. The lowest BCUT2D eigenvalue weighted by atomic mass is 9.94. The number of aryl methyl sites for hydroxylation is 1. The molecule has 4 nitrogen and oxygen atoms in total. The number of piperidine rings is 1. The fraction of sp³-hybridized carbons (Fsp3) is 0.500. The summed E-state index contributed by atoms with van der Waals surface area (Å²) < 4.78 is 0. The first-order valence-corrected chi connectivity index (χ1v) is 6.45. The summed E-state index contributed by atoms with van der Waals surface area (Å²) in [6.07, 6.45) is 2.73. The molecule has 1 aromatic carbocycles. The van der Waals surface area contributed by atoms with Gasteiger partial charge in [0, 0.05) is 12.1 Å². The number of carbonyl (C=O) groups is 1. The maximum Gasteiger partial charge on any atom is 0.224 e. The highest BCUT2D eigenvalue weighted by Gasteiger charge is 2.17. The first kappa shape index (κ1) is 12.9. The average Bonchev–Trinajstić information content (AvgIpc) is 2.34. The Kier molecular flexibility index (Phi) is 4.20. The summed E-state index contributed by atoms with van der Waals surface area (Å²) in [7, 11) is 0. The van der Waals surface area contributed by atoms with E-state index in [1.54, 1.807) is 18.2 Å². The van der Waals surface area contributed by atoms with Gasteiger partial charge in [-0.1, -0.05) is 0 Å². The van der Waals surface area contributed by atoms with Crippen molar-refractivity contribution in [2.45, 2.75) is 26.2 Å². The second-order valence-electron chi connectivity index (χ2n) is 4.94. The van der Waals surface area contributed by atoms with Crippen molar-refractivity contribution in [2.75, 3.05) is 18.4 Å². The zero-order valence-corrected chi connectivity index (χ0v) is 10.7. The van der Waals surface area contributed by atoms with Crippen LogP contribution in [0.25, 0.3) is 0 Å². The minimum absolute atomic E-state index is 0.0655. The molecule has 0 bridgehead atoms. The first-order chi connectivity index (χ1) is 8.65. The number of rotatable bonds is 3. The first-order valence-electron chi connectivity index (χ1n) is 6.45. The predicted octanol–water partition coefficient (Wildman–Crippen LogP) is 2.03. The molecule has 0 aromatic heterocycles. The van der Waals surface area contributed by atoms with Crippen molar-refractivity contribution in [1.29, 1.82) is 0 Å². The van der Waals surface area contributed by atoms with Crippen LogP contribution in [0.1, 0.15) is 24.8 Å². The Balaban J connectivity index is 1.90. The summed E-state index contributed by atoms with van der Waals surface area (Å²) in [5.41, 5.74) is 1.67. The molecule has 1 aromatic rings. The third kappa shape index (κ3) is 3.47. The average molecular weight is 248 g/mol. The predicted molar refractivity (Wildman–Crippen MR) is 71.7 cm³/mol. The molecule has 1 aliphatic heterocycles. The van der Waals surface area contributed by atoms with Crippen molar-refractivity contribution in [3.63, 3.8) is 0 Å². The van der Waals surface area contributed by atoms with Crippen LogP contribution in [0.5, 0.6) is 5.75 Å². The fourth-order valence-electron chi connectivity index (χ4n) is 2.34. The number of phenolic OH excluding ortho intramolecular Hbond substituents is 1. The minimum atomic E-state index is 0.0655. The Labute approximate surface area is 107 Å². The molecular formula is C14H20N2O2. The van der Waals surface area contributed by atoms with Gasteiger partial charge >= 0.3 is 0 Å². The van der Waals surface area contributed by atoms with Crippen LogP contribution in [0.4, 0.5) is 5.69 Å². The highest BCUT2D eigenvalue weighted by Crippen LogP contribution is 2.22. The Morgan fingerprint density at radius 2 is 2.17 bits per heavy atom. The molecule has 1 fully saturated rings. The van der Waals surface area contributed by atoms with Crippen LogP contribution in [-0.4, -0.2) is 24.1 Å². The van der Waals surface area contributed by atoms with E-state index in [0.29, 0.717) is 12.3 Å². The number of hydrogen-bond acceptors (Lipinski definition) is 3. The van der Waals surface area contributed by atoms with Crippen molar-refractivity contribution in [1.82, 2.24) is 5.32 Å². The van der Waals surface area contributed by atoms with Crippen molar-refractivity contribution in [3.8, 4) is 5.75 Å². The minimum Gasteiger partial charge on any atom is -0.508 e. The molecule has 3 N–H and O–H groups in total. The van der Waals surface area contributed by atoms with E-state index in [1.165, 1.54) is 0 Å². The second kappa shape index (κ2) is 5.87. The summed E-state index contributed by atoms with van der Waals surface area (Å²) in [6.45, 7) is 3.90. The van der Waals surface area contributed by atoms with Gasteiger partial charge in [0.15, 0.2) is 0 Å². The van der Waals surface area contributed by atoms with Gasteiger partial charge in [0.25, 0.3) is 0 Å². The molecule has 0 saturated carbocycles. The van der Waals surface area contributed by atoms with E-state index in [2.05, 4.69) is 10.6 Å². The van der Waals surface area contributed by atoms with Crippen LogP contribution in [0, 0.1) is 12.8 Å². The van der Waals surface area contributed by atoms with Gasteiger partial charge in [0.1, 0.15) is 5.75 Å². The van der Waals surface area contributed by atoms with Crippen molar-refractivity contribution >= 4 is 11.6 Å². The van der Waals surface area contributed by atoms with Crippen LogP contribution in [-0.2, 0) is 4.79 Å². The van der Waals surface area contributed by atoms with E-state index in [9.17, 15) is 9.90 Å². The van der Waals surface area contributed by atoms with Gasteiger partial charge in [0.2, 0.25) is 5.91 Å². The maximum atomic E-state index is 11.9. The van der Waals surface area contributed by atoms with Crippen LogP contribution in [0.15, 0.2) is 18.2 Å². The lowest BCUT2D eigenvalue weighted by Crippen LogP contribution is -2.30. The van der Waals surface area contributed by atoms with E-state index in [-0.39, 0.29) is 11.7 Å². The van der Waals surface area contributed by atoms with E-state index in [0.717, 1.165) is 37.2 Å². The van der Waals surface area contributed by atoms with Crippen molar-refractivity contribution in [3.05, 3.63) is 23.8 Å². The van der Waals surface area contributed by atoms with Crippen molar-refractivity contribution < 1.29 is 9.90 Å². The number of nitrogens with one attached hydrogen (secondary N) is 2. The maximum absolute atomic E-state index is 11.9. The van der Waals surface area contributed by atoms with E-state index in [1.807, 2.05) is 6.92 Å². The number of carbonyl (C=O) groups excluding carboxylic acids is 1. The molecule has 0 aliphatic carbocycles. The number of hydrogen-bond donors (Lipinski definition) is 3. The van der Waals surface area contributed by atoms with Gasteiger partial charge < -0.3 is 15.7 Å². The van der Waals surface area contributed by atoms with Crippen LogP contribution >= 0.6 is 0 Å². The summed E-state index contributed by atoms with van der Waals surface area (Å²) in [6, 6.07) is 4.98. The Morgan fingerprint density at radius 3 is 2.83 bits per heavy atom. The van der Waals surface area contributed by atoms with Crippen LogP contribution in [0.3, 0.4) is 0 Å². The Morgan fingerprint density at radius 1 is 1.44 bits per heavy atom. The number of amides is 1. The zero-order valence-electron chi connectivity index (χ0n) is 10.7. The molecule has 0 unspecified atom stereocenters. The quantitative estimate of drug-likeness (QED) is 0.717. The molecule has 1 saturated heterocycles. The summed E-state index contributed by atoms with van der Waals surface area (Å²) in [5, 5.41) is 15.5. The molecule has 1 aliphatic rings. The molecule has 0 atom stereocenters. The zero-order chi connectivity index (χ0) is 13.0. The van der Waals surface area contributed by atoms with Gasteiger partial charge in [0.05, 0.1) is 0 Å². The smallest absolute Gasteiger partial charge is 0.224 e. The van der Waals surface area contributed by atoms with Crippen molar-refractivity contribution in [2.24, 2.45) is 5.92 Å². The normalized spacial score (nSPS) is 16.5. The Bertz CT molecular complexity index is 426. The summed E-state index contributed by atoms with van der Waals surface area (Å²) in [5.74, 6) is 0.781. The van der Waals surface area contributed by atoms with E-state index in [4.69, 9.17) is 0 Å². The molecule has 1 heterocycles. The van der Waals surface area contributed by atoms with Gasteiger partial charge in [-0.2, -0.15) is 0 Å². The highest BCUT2D eigenvalue weighted by atomic mass is 16.3. The van der Waals surface area contributed by atoms with Gasteiger partial charge in [-0.3, -0.25) is 4.79 Å². The van der Waals surface area contributed by atoms with Gasteiger partial charge in [-0.15, -0.1) is 0 Å². The largest absolute Gasteiger partial charge is 0.508 e. The molecule has 1 amide bonds. The van der Waals surface area contributed by atoms with Crippen LogP contribution < -0.4 is 10.6 Å². The summed E-state index contributed by atoms with van der Waals surface area (Å²) in [4.78, 5) is 11.9. The van der Waals surface area contributed by atoms with E-state index < -0.39 is 0 Å². The number of anilines is 1. The van der Waals surface area contributed by atoms with Gasteiger partial charge in [-0.25, -0.2) is 0 Å². The number of benzene rings is 1. The second-order valence-corrected chi connectivity index (χ2v) is 4.94. The number of phenols is 1. The topological polar surface area (TPSA) is 61.4 Å². The molecule has 98 valence electrons.